The van der Waals surface area contributed by atoms with Crippen molar-refractivity contribution in [3.8, 4) is 17.0 Å². The minimum absolute atomic E-state index is 0.0980. The standard InChI is InChI=1S/C34H46N4O8S/c1-37(21-30(45-3)46-4)47(42,43)36-33(39)24-12-14-28-29(19-24)38-20-22(9-8-16-35-34(40)41)17-25-18-26(44-2)13-15-27(25)32(38)31(28)23-10-6-5-7-11-23/h12-15,18-19,22-23,30,35H,5-11,16-17,20-21H2,1-4H3,(H,36,39)(H,40,41). The zero-order chi connectivity index (χ0) is 33.7. The molecule has 1 fully saturated rings. The minimum atomic E-state index is -4.18. The van der Waals surface area contributed by atoms with Crippen LogP contribution in [0.15, 0.2) is 36.4 Å². The second-order valence-electron chi connectivity index (χ2n) is 12.5. The van der Waals surface area contributed by atoms with Gasteiger partial charge in [-0.2, -0.15) is 12.7 Å². The fourth-order valence-corrected chi connectivity index (χ4v) is 7.95. The largest absolute Gasteiger partial charge is 0.497 e. The van der Waals surface area contributed by atoms with Gasteiger partial charge in [-0.15, -0.1) is 0 Å². The van der Waals surface area contributed by atoms with Gasteiger partial charge in [-0.1, -0.05) is 25.3 Å². The molecule has 0 bridgehead atoms. The van der Waals surface area contributed by atoms with Crippen molar-refractivity contribution in [2.45, 2.75) is 70.1 Å². The molecule has 256 valence electrons. The van der Waals surface area contributed by atoms with Gasteiger partial charge in [0.05, 0.1) is 19.3 Å². The first kappa shape index (κ1) is 34.7. The Hall–Kier alpha value is -3.65. The number of carboxylic acid groups (broad SMARTS) is 1. The van der Waals surface area contributed by atoms with Gasteiger partial charge >= 0.3 is 16.3 Å². The highest BCUT2D eigenvalue weighted by molar-refractivity contribution is 7.87. The Balaban J connectivity index is 1.58. The molecule has 2 heterocycles. The van der Waals surface area contributed by atoms with Crippen LogP contribution in [-0.2, 0) is 32.6 Å². The SMILES string of the molecule is COc1ccc2c(c1)CC(CCCNC(=O)O)Cn1c-2c(C2CCCCC2)c2ccc(C(=O)NS(=O)(=O)N(C)CC(OC)OC)cc21. The molecular formula is C34H46N4O8S. The molecule has 1 atom stereocenters. The quantitative estimate of drug-likeness (QED) is 0.168. The Morgan fingerprint density at radius 3 is 2.49 bits per heavy atom. The van der Waals surface area contributed by atoms with Gasteiger partial charge in [0, 0.05) is 56.4 Å². The van der Waals surface area contributed by atoms with Gasteiger partial charge in [-0.3, -0.25) is 4.79 Å². The van der Waals surface area contributed by atoms with E-state index in [1.54, 1.807) is 19.2 Å². The van der Waals surface area contributed by atoms with Crippen molar-refractivity contribution in [2.75, 3.05) is 41.5 Å². The molecule has 0 saturated heterocycles. The van der Waals surface area contributed by atoms with Crippen LogP contribution in [0.2, 0.25) is 0 Å². The molecule has 5 rings (SSSR count). The first-order valence-corrected chi connectivity index (χ1v) is 17.6. The number of amides is 2. The van der Waals surface area contributed by atoms with Crippen molar-refractivity contribution in [3.05, 3.63) is 53.1 Å². The van der Waals surface area contributed by atoms with Crippen molar-refractivity contribution in [1.29, 1.82) is 0 Å². The maximum absolute atomic E-state index is 13.5. The lowest BCUT2D eigenvalue weighted by molar-refractivity contribution is -0.106. The van der Waals surface area contributed by atoms with Gasteiger partial charge < -0.3 is 29.2 Å². The van der Waals surface area contributed by atoms with E-state index in [0.717, 1.165) is 70.7 Å². The van der Waals surface area contributed by atoms with E-state index in [4.69, 9.17) is 19.3 Å². The molecule has 3 aromatic rings. The monoisotopic (exact) mass is 670 g/mol. The highest BCUT2D eigenvalue weighted by Crippen LogP contribution is 2.47. The van der Waals surface area contributed by atoms with Crippen LogP contribution in [0.5, 0.6) is 5.75 Å². The van der Waals surface area contributed by atoms with Crippen LogP contribution < -0.4 is 14.8 Å². The maximum atomic E-state index is 13.5. The summed E-state index contributed by atoms with van der Waals surface area (Å²) in [6.07, 6.45) is 6.15. The molecule has 13 heteroatoms. The van der Waals surface area contributed by atoms with E-state index in [1.165, 1.54) is 38.8 Å². The summed E-state index contributed by atoms with van der Waals surface area (Å²) in [6.45, 7) is 0.940. The van der Waals surface area contributed by atoms with Crippen LogP contribution >= 0.6 is 0 Å². The molecule has 1 aliphatic heterocycles. The average molecular weight is 671 g/mol. The molecule has 1 aliphatic carbocycles. The van der Waals surface area contributed by atoms with E-state index in [2.05, 4.69) is 26.7 Å². The number of nitrogens with zero attached hydrogens (tertiary/aromatic N) is 2. The smallest absolute Gasteiger partial charge is 0.404 e. The van der Waals surface area contributed by atoms with Gasteiger partial charge in [0.2, 0.25) is 0 Å². The van der Waals surface area contributed by atoms with Crippen molar-refractivity contribution in [1.82, 2.24) is 18.9 Å². The summed E-state index contributed by atoms with van der Waals surface area (Å²) >= 11 is 0. The summed E-state index contributed by atoms with van der Waals surface area (Å²) in [7, 11) is 1.66. The number of likely N-dealkylation sites (N-methyl/N-ethyl adjacent to an activating group) is 1. The van der Waals surface area contributed by atoms with Crippen LogP contribution in [0.25, 0.3) is 22.2 Å². The van der Waals surface area contributed by atoms with Crippen LogP contribution in [0, 0.1) is 5.92 Å². The first-order valence-electron chi connectivity index (χ1n) is 16.2. The molecular weight excluding hydrogens is 624 g/mol. The topological polar surface area (TPSA) is 148 Å². The normalized spacial score (nSPS) is 16.9. The lowest BCUT2D eigenvalue weighted by atomic mass is 9.81. The number of hydrogen-bond donors (Lipinski definition) is 3. The lowest BCUT2D eigenvalue weighted by Gasteiger charge is -2.24. The Labute approximate surface area is 276 Å². The number of aromatic nitrogens is 1. The molecule has 1 unspecified atom stereocenters. The molecule has 1 saturated carbocycles. The summed E-state index contributed by atoms with van der Waals surface area (Å²) in [6, 6.07) is 11.7. The molecule has 47 heavy (non-hydrogen) atoms. The van der Waals surface area contributed by atoms with Crippen LogP contribution in [-0.4, -0.2) is 82.2 Å². The second-order valence-corrected chi connectivity index (χ2v) is 14.3. The number of fused-ring (bicyclic) bond motifs is 5. The van der Waals surface area contributed by atoms with E-state index in [0.29, 0.717) is 25.4 Å². The molecule has 2 aromatic carbocycles. The minimum Gasteiger partial charge on any atom is -0.497 e. The van der Waals surface area contributed by atoms with Gasteiger partial charge in [-0.05, 0) is 85.4 Å². The van der Waals surface area contributed by atoms with Gasteiger partial charge in [0.25, 0.3) is 5.91 Å². The molecule has 0 spiro atoms. The zero-order valence-electron chi connectivity index (χ0n) is 27.6. The number of ether oxygens (including phenoxy) is 3. The van der Waals surface area contributed by atoms with E-state index >= 15 is 0 Å². The highest BCUT2D eigenvalue weighted by atomic mass is 32.2. The number of rotatable bonds is 13. The molecule has 2 aliphatic rings. The number of methoxy groups -OCH3 is 3. The predicted octanol–water partition coefficient (Wildman–Crippen LogP) is 5.11. The van der Waals surface area contributed by atoms with Crippen molar-refractivity contribution in [2.24, 2.45) is 5.92 Å². The Morgan fingerprint density at radius 2 is 1.81 bits per heavy atom. The van der Waals surface area contributed by atoms with Gasteiger partial charge in [0.1, 0.15) is 5.75 Å². The van der Waals surface area contributed by atoms with Crippen LogP contribution in [0.4, 0.5) is 4.79 Å². The number of hydrogen-bond acceptors (Lipinski definition) is 7. The van der Waals surface area contributed by atoms with E-state index < -0.39 is 28.5 Å². The molecule has 0 radical (unpaired) electrons. The molecule has 2 amide bonds. The summed E-state index contributed by atoms with van der Waals surface area (Å²) < 4.78 is 47.5. The van der Waals surface area contributed by atoms with Crippen LogP contribution in [0.1, 0.15) is 72.3 Å². The summed E-state index contributed by atoms with van der Waals surface area (Å²) in [5.41, 5.74) is 5.86. The van der Waals surface area contributed by atoms with Gasteiger partial charge in [-0.25, -0.2) is 9.52 Å². The number of benzene rings is 2. The number of carbonyl (C=O) groups excluding carboxylic acids is 1. The molecule has 3 N–H and O–H groups in total. The van der Waals surface area contributed by atoms with Crippen molar-refractivity contribution < 1.29 is 37.3 Å². The fourth-order valence-electron chi connectivity index (χ4n) is 7.12. The number of carbonyl (C=O) groups is 2. The third-order valence-corrected chi connectivity index (χ3v) is 10.9. The average Bonchev–Trinajstić information content (AvgIpc) is 3.28. The molecule has 12 nitrogen and oxygen atoms in total. The Kier molecular flexibility index (Phi) is 11.1. The van der Waals surface area contributed by atoms with Gasteiger partial charge in [0.15, 0.2) is 6.29 Å². The van der Waals surface area contributed by atoms with E-state index in [-0.39, 0.29) is 18.0 Å². The second kappa shape index (κ2) is 15.1. The van der Waals surface area contributed by atoms with E-state index in [1.807, 2.05) is 12.1 Å². The van der Waals surface area contributed by atoms with E-state index in [9.17, 15) is 18.0 Å². The Bertz CT molecular complexity index is 1700. The van der Waals surface area contributed by atoms with Crippen molar-refractivity contribution >= 4 is 33.1 Å². The first-order chi connectivity index (χ1) is 22.6. The highest BCUT2D eigenvalue weighted by Gasteiger charge is 2.32. The third-order valence-electron chi connectivity index (χ3n) is 9.53. The predicted molar refractivity (Wildman–Crippen MR) is 179 cm³/mol. The lowest BCUT2D eigenvalue weighted by Crippen LogP contribution is -2.45. The maximum Gasteiger partial charge on any atom is 0.404 e. The zero-order valence-corrected chi connectivity index (χ0v) is 28.4. The Morgan fingerprint density at radius 1 is 1.06 bits per heavy atom. The summed E-state index contributed by atoms with van der Waals surface area (Å²) in [5.74, 6) is 0.603. The third kappa shape index (κ3) is 7.75. The number of nitrogens with one attached hydrogen (secondary N) is 2. The summed E-state index contributed by atoms with van der Waals surface area (Å²) in [4.78, 5) is 24.6. The summed E-state index contributed by atoms with van der Waals surface area (Å²) in [5, 5.41) is 12.6. The van der Waals surface area contributed by atoms with Crippen molar-refractivity contribution in [3.63, 3.8) is 0 Å². The fraction of sp³-hybridized carbons (Fsp3) is 0.529. The molecule has 1 aromatic heterocycles. The van der Waals surface area contributed by atoms with Crippen LogP contribution in [0.3, 0.4) is 0 Å².